The summed E-state index contributed by atoms with van der Waals surface area (Å²) in [5.41, 5.74) is 0.460. The van der Waals surface area contributed by atoms with E-state index in [0.29, 0.717) is 21.8 Å². The van der Waals surface area contributed by atoms with Gasteiger partial charge in [0.15, 0.2) is 10.4 Å². The Labute approximate surface area is 111 Å². The van der Waals surface area contributed by atoms with E-state index in [2.05, 4.69) is 21.1 Å². The molecule has 0 bridgehead atoms. The maximum absolute atomic E-state index is 12.2. The number of carboxylic acid groups (broad SMARTS) is 1. The number of hydrogen-bond donors (Lipinski definition) is 1. The van der Waals surface area contributed by atoms with Crippen LogP contribution in [0.25, 0.3) is 0 Å². The highest BCUT2D eigenvalue weighted by Crippen LogP contribution is 2.43. The van der Waals surface area contributed by atoms with Gasteiger partial charge in [-0.15, -0.1) is 0 Å². The Bertz CT molecular complexity index is 517. The van der Waals surface area contributed by atoms with Crippen LogP contribution < -0.4 is 0 Å². The molecule has 2 fully saturated rings. The smallest absolute Gasteiger partial charge is 0.310 e. The summed E-state index contributed by atoms with van der Waals surface area (Å²) in [4.78, 5) is 24.5. The number of aliphatic carboxylic acids is 1. The van der Waals surface area contributed by atoms with Crippen molar-refractivity contribution in [3.05, 3.63) is 15.9 Å². The molecule has 1 saturated carbocycles. The first kappa shape index (κ1) is 11.7. The van der Waals surface area contributed by atoms with Crippen LogP contribution in [-0.2, 0) is 4.79 Å². The molecule has 1 amide bonds. The molecular formula is C11H11BrN2O4. The van der Waals surface area contributed by atoms with E-state index in [1.54, 1.807) is 0 Å². The van der Waals surface area contributed by atoms with Crippen LogP contribution in [0, 0.1) is 5.92 Å². The number of amides is 1. The van der Waals surface area contributed by atoms with E-state index in [0.717, 1.165) is 12.8 Å². The highest BCUT2D eigenvalue weighted by molar-refractivity contribution is 9.10. The van der Waals surface area contributed by atoms with Gasteiger partial charge >= 0.3 is 5.97 Å². The molecule has 0 unspecified atom stereocenters. The Morgan fingerprint density at radius 3 is 2.61 bits per heavy atom. The van der Waals surface area contributed by atoms with Gasteiger partial charge in [-0.1, -0.05) is 5.16 Å². The van der Waals surface area contributed by atoms with Crippen LogP contribution in [-0.4, -0.2) is 40.1 Å². The summed E-state index contributed by atoms with van der Waals surface area (Å²) in [6.07, 6.45) is 2.03. The monoisotopic (exact) mass is 314 g/mol. The van der Waals surface area contributed by atoms with Crippen molar-refractivity contribution in [2.24, 2.45) is 5.92 Å². The molecule has 1 aromatic heterocycles. The lowest BCUT2D eigenvalue weighted by Gasteiger charge is -2.36. The van der Waals surface area contributed by atoms with Crippen LogP contribution in [0.4, 0.5) is 0 Å². The fourth-order valence-electron chi connectivity index (χ4n) is 2.06. The number of carbonyl (C=O) groups is 2. The van der Waals surface area contributed by atoms with Gasteiger partial charge in [0.05, 0.1) is 5.92 Å². The molecule has 2 heterocycles. The lowest BCUT2D eigenvalue weighted by molar-refractivity contribution is -0.146. The van der Waals surface area contributed by atoms with Crippen molar-refractivity contribution >= 4 is 27.8 Å². The number of nitrogens with zero attached hydrogens (tertiary/aromatic N) is 2. The third-order valence-corrected chi connectivity index (χ3v) is 3.90. The van der Waals surface area contributed by atoms with E-state index in [1.807, 2.05) is 0 Å². The Morgan fingerprint density at radius 1 is 1.39 bits per heavy atom. The molecule has 0 atom stereocenters. The molecule has 3 rings (SSSR count). The van der Waals surface area contributed by atoms with Gasteiger partial charge in [0.2, 0.25) is 0 Å². The van der Waals surface area contributed by atoms with Gasteiger partial charge in [0, 0.05) is 19.0 Å². The lowest BCUT2D eigenvalue weighted by Crippen LogP contribution is -2.53. The quantitative estimate of drug-likeness (QED) is 0.913. The Kier molecular flexibility index (Phi) is 2.65. The van der Waals surface area contributed by atoms with Crippen molar-refractivity contribution in [2.45, 2.75) is 18.8 Å². The van der Waals surface area contributed by atoms with Gasteiger partial charge in [0.1, 0.15) is 5.56 Å². The maximum atomic E-state index is 12.2. The van der Waals surface area contributed by atoms with Crippen LogP contribution >= 0.6 is 15.9 Å². The standard InChI is InChI=1S/C11H11BrN2O4/c12-9-7(8(18-13-9)5-1-2-5)10(15)14-3-6(4-14)11(16)17/h5-6H,1-4H2,(H,16,17). The molecule has 2 aliphatic rings. The molecule has 1 saturated heterocycles. The molecule has 1 aromatic rings. The first-order valence-corrected chi connectivity index (χ1v) is 6.54. The second-order valence-corrected chi connectivity index (χ2v) is 5.48. The minimum atomic E-state index is -0.856. The fraction of sp³-hybridized carbons (Fsp3) is 0.545. The van der Waals surface area contributed by atoms with Gasteiger partial charge in [-0.05, 0) is 28.8 Å². The average Bonchev–Trinajstić information content (AvgIpc) is 2.99. The number of aromatic nitrogens is 1. The molecule has 0 radical (unpaired) electrons. The first-order chi connectivity index (χ1) is 8.58. The minimum Gasteiger partial charge on any atom is -0.481 e. The Balaban J connectivity index is 1.77. The van der Waals surface area contributed by atoms with Crippen molar-refractivity contribution in [1.29, 1.82) is 0 Å². The summed E-state index contributed by atoms with van der Waals surface area (Å²) in [5, 5.41) is 12.6. The molecular weight excluding hydrogens is 304 g/mol. The number of likely N-dealkylation sites (tertiary alicyclic amines) is 1. The third-order valence-electron chi connectivity index (χ3n) is 3.36. The van der Waals surface area contributed by atoms with Crippen LogP contribution in [0.1, 0.15) is 34.9 Å². The Hall–Kier alpha value is -1.37. The van der Waals surface area contributed by atoms with E-state index in [1.165, 1.54) is 4.90 Å². The minimum absolute atomic E-state index is 0.192. The summed E-state index contributed by atoms with van der Waals surface area (Å²) >= 11 is 3.21. The van der Waals surface area contributed by atoms with E-state index < -0.39 is 11.9 Å². The van der Waals surface area contributed by atoms with Crippen LogP contribution in [0.2, 0.25) is 0 Å². The molecule has 6 nitrogen and oxygen atoms in total. The van der Waals surface area contributed by atoms with E-state index in [-0.39, 0.29) is 19.0 Å². The van der Waals surface area contributed by atoms with Gasteiger partial charge < -0.3 is 14.5 Å². The van der Waals surface area contributed by atoms with Crippen LogP contribution in [0.3, 0.4) is 0 Å². The van der Waals surface area contributed by atoms with Crippen molar-refractivity contribution in [2.75, 3.05) is 13.1 Å². The SMILES string of the molecule is O=C(O)C1CN(C(=O)c2c(Br)noc2C2CC2)C1. The highest BCUT2D eigenvalue weighted by atomic mass is 79.9. The molecule has 0 spiro atoms. The van der Waals surface area contributed by atoms with Crippen molar-refractivity contribution in [3.8, 4) is 0 Å². The van der Waals surface area contributed by atoms with Gasteiger partial charge in [0.25, 0.3) is 5.91 Å². The molecule has 96 valence electrons. The normalized spacial score (nSPS) is 19.7. The topological polar surface area (TPSA) is 83.6 Å². The largest absolute Gasteiger partial charge is 0.481 e. The highest BCUT2D eigenvalue weighted by Gasteiger charge is 2.41. The number of hydrogen-bond acceptors (Lipinski definition) is 4. The second-order valence-electron chi connectivity index (χ2n) is 4.73. The van der Waals surface area contributed by atoms with E-state index >= 15 is 0 Å². The molecule has 1 aliphatic carbocycles. The predicted octanol–water partition coefficient (Wildman–Crippen LogP) is 1.47. The van der Waals surface area contributed by atoms with Crippen LogP contribution in [0.15, 0.2) is 9.13 Å². The summed E-state index contributed by atoms with van der Waals surface area (Å²) in [6.45, 7) is 0.520. The van der Waals surface area contributed by atoms with Crippen molar-refractivity contribution in [1.82, 2.24) is 10.1 Å². The van der Waals surface area contributed by atoms with Gasteiger partial charge in [-0.3, -0.25) is 9.59 Å². The van der Waals surface area contributed by atoms with E-state index in [9.17, 15) is 9.59 Å². The third kappa shape index (κ3) is 1.82. The molecule has 1 N–H and O–H groups in total. The molecule has 1 aliphatic heterocycles. The molecule has 0 aromatic carbocycles. The lowest BCUT2D eigenvalue weighted by atomic mass is 9.99. The number of halogens is 1. The number of carbonyl (C=O) groups excluding carboxylic acids is 1. The summed E-state index contributed by atoms with van der Waals surface area (Å²) < 4.78 is 5.58. The zero-order valence-electron chi connectivity index (χ0n) is 9.43. The summed E-state index contributed by atoms with van der Waals surface area (Å²) in [6, 6.07) is 0. The van der Waals surface area contributed by atoms with Crippen molar-refractivity contribution in [3.63, 3.8) is 0 Å². The maximum Gasteiger partial charge on any atom is 0.310 e. The summed E-state index contributed by atoms with van der Waals surface area (Å²) in [7, 11) is 0. The van der Waals surface area contributed by atoms with Crippen LogP contribution in [0.5, 0.6) is 0 Å². The van der Waals surface area contributed by atoms with Crippen molar-refractivity contribution < 1.29 is 19.2 Å². The zero-order valence-corrected chi connectivity index (χ0v) is 11.0. The van der Waals surface area contributed by atoms with Gasteiger partial charge in [-0.2, -0.15) is 0 Å². The predicted molar refractivity (Wildman–Crippen MR) is 63.2 cm³/mol. The first-order valence-electron chi connectivity index (χ1n) is 5.75. The number of carboxylic acids is 1. The van der Waals surface area contributed by atoms with E-state index in [4.69, 9.17) is 9.63 Å². The number of rotatable bonds is 3. The zero-order chi connectivity index (χ0) is 12.9. The summed E-state index contributed by atoms with van der Waals surface area (Å²) in [5.74, 6) is -0.574. The average molecular weight is 315 g/mol. The fourth-order valence-corrected chi connectivity index (χ4v) is 2.50. The molecule has 18 heavy (non-hydrogen) atoms. The second kappa shape index (κ2) is 4.08. The van der Waals surface area contributed by atoms with Gasteiger partial charge in [-0.25, -0.2) is 0 Å². The Morgan fingerprint density at radius 2 is 2.06 bits per heavy atom. The molecule has 7 heteroatoms.